The lowest BCUT2D eigenvalue weighted by Crippen LogP contribution is -2.47. The zero-order chi connectivity index (χ0) is 14.5. The van der Waals surface area contributed by atoms with Gasteiger partial charge in [0.25, 0.3) is 0 Å². The highest BCUT2D eigenvalue weighted by molar-refractivity contribution is 5.84. The normalized spacial score (nSPS) is 16.9. The molecule has 110 valence electrons. The predicted molar refractivity (Wildman–Crippen MR) is 82.6 cm³/mol. The number of benzene rings is 1. The number of carbonyl (C=O) groups excluding carboxylic acids is 1. The molecule has 1 amide bonds. The van der Waals surface area contributed by atoms with Crippen LogP contribution in [0.3, 0.4) is 0 Å². The van der Waals surface area contributed by atoms with Crippen LogP contribution in [-0.4, -0.2) is 37.0 Å². The quantitative estimate of drug-likeness (QED) is 0.914. The lowest BCUT2D eigenvalue weighted by atomic mass is 10.1. The summed E-state index contributed by atoms with van der Waals surface area (Å²) in [6, 6.07) is 7.97. The van der Waals surface area contributed by atoms with Crippen LogP contribution in [0.1, 0.15) is 31.7 Å². The smallest absolute Gasteiger partial charge is 0.244 e. The molecule has 1 unspecified atom stereocenters. The van der Waals surface area contributed by atoms with E-state index in [0.717, 1.165) is 37.2 Å². The highest BCUT2D eigenvalue weighted by Gasteiger charge is 2.25. The number of piperidine rings is 1. The Hall–Kier alpha value is -1.55. The first-order chi connectivity index (χ1) is 9.63. The van der Waals surface area contributed by atoms with Crippen LogP contribution < -0.4 is 10.6 Å². The van der Waals surface area contributed by atoms with Gasteiger partial charge in [0.05, 0.1) is 0 Å². The second kappa shape index (κ2) is 6.75. The van der Waals surface area contributed by atoms with Crippen molar-refractivity contribution in [2.24, 2.45) is 5.73 Å². The molecule has 1 heterocycles. The number of rotatable bonds is 4. The molecule has 1 saturated heterocycles. The topological polar surface area (TPSA) is 49.6 Å². The van der Waals surface area contributed by atoms with Crippen molar-refractivity contribution in [3.63, 3.8) is 0 Å². The largest absolute Gasteiger partial charge is 0.363 e. The van der Waals surface area contributed by atoms with Crippen LogP contribution in [0.4, 0.5) is 5.69 Å². The third kappa shape index (κ3) is 3.31. The monoisotopic (exact) mass is 275 g/mol. The van der Waals surface area contributed by atoms with Gasteiger partial charge in [0, 0.05) is 32.4 Å². The molecule has 4 heteroatoms. The minimum absolute atomic E-state index is 0.128. The molecule has 1 aliphatic rings. The van der Waals surface area contributed by atoms with Gasteiger partial charge in [0.1, 0.15) is 6.04 Å². The zero-order valence-electron chi connectivity index (χ0n) is 12.5. The minimum atomic E-state index is -0.128. The van der Waals surface area contributed by atoms with Crippen molar-refractivity contribution in [3.8, 4) is 0 Å². The van der Waals surface area contributed by atoms with Gasteiger partial charge in [-0.1, -0.05) is 12.1 Å². The van der Waals surface area contributed by atoms with Crippen LogP contribution in [0.25, 0.3) is 0 Å². The van der Waals surface area contributed by atoms with Crippen molar-refractivity contribution in [1.82, 2.24) is 4.90 Å². The maximum Gasteiger partial charge on any atom is 0.244 e. The van der Waals surface area contributed by atoms with Gasteiger partial charge in [0.15, 0.2) is 0 Å². The first kappa shape index (κ1) is 14.9. The summed E-state index contributed by atoms with van der Waals surface area (Å²) in [7, 11) is 1.98. The Labute approximate surface area is 121 Å². The molecule has 0 bridgehead atoms. The Morgan fingerprint density at radius 2 is 1.85 bits per heavy atom. The average Bonchev–Trinajstić information content (AvgIpc) is 2.53. The van der Waals surface area contributed by atoms with Crippen LogP contribution in [0.2, 0.25) is 0 Å². The summed E-state index contributed by atoms with van der Waals surface area (Å²) in [6.07, 6.45) is 3.51. The van der Waals surface area contributed by atoms with E-state index < -0.39 is 0 Å². The third-order valence-electron chi connectivity index (χ3n) is 4.19. The summed E-state index contributed by atoms with van der Waals surface area (Å²) >= 11 is 0. The van der Waals surface area contributed by atoms with Crippen LogP contribution in [0.5, 0.6) is 0 Å². The fourth-order valence-electron chi connectivity index (χ4n) is 2.63. The summed E-state index contributed by atoms with van der Waals surface area (Å²) in [5, 5.41) is 0. The molecule has 0 aromatic heterocycles. The fourth-order valence-corrected chi connectivity index (χ4v) is 2.63. The van der Waals surface area contributed by atoms with E-state index in [-0.39, 0.29) is 11.9 Å². The number of hydrogen-bond acceptors (Lipinski definition) is 3. The average molecular weight is 275 g/mol. The summed E-state index contributed by atoms with van der Waals surface area (Å²) in [5.74, 6) is 0.232. The molecule has 20 heavy (non-hydrogen) atoms. The summed E-state index contributed by atoms with van der Waals surface area (Å²) < 4.78 is 0. The lowest BCUT2D eigenvalue weighted by Gasteiger charge is -2.33. The Morgan fingerprint density at radius 3 is 2.40 bits per heavy atom. The van der Waals surface area contributed by atoms with E-state index in [1.807, 2.05) is 48.0 Å². The molecule has 0 spiro atoms. The molecule has 1 aromatic rings. The Balaban J connectivity index is 2.02. The molecule has 1 aliphatic heterocycles. The number of nitrogens with two attached hydrogens (primary N) is 1. The number of likely N-dealkylation sites (tertiary alicyclic amines) is 1. The molecule has 0 radical (unpaired) electrons. The SMILES string of the molecule is CC(C(=O)N1CCCCC1)N(C)c1ccc(CN)cc1. The van der Waals surface area contributed by atoms with Crippen LogP contribution >= 0.6 is 0 Å². The molecule has 1 fully saturated rings. The fraction of sp³-hybridized carbons (Fsp3) is 0.562. The Kier molecular flexibility index (Phi) is 5.01. The summed E-state index contributed by atoms with van der Waals surface area (Å²) in [4.78, 5) is 16.5. The van der Waals surface area contributed by atoms with E-state index in [2.05, 4.69) is 0 Å². The first-order valence-electron chi connectivity index (χ1n) is 7.44. The van der Waals surface area contributed by atoms with Gasteiger partial charge in [0.2, 0.25) is 5.91 Å². The van der Waals surface area contributed by atoms with Gasteiger partial charge >= 0.3 is 0 Å². The number of anilines is 1. The molecular formula is C16H25N3O. The van der Waals surface area contributed by atoms with Crippen LogP contribution in [0.15, 0.2) is 24.3 Å². The third-order valence-corrected chi connectivity index (χ3v) is 4.19. The summed E-state index contributed by atoms with van der Waals surface area (Å²) in [5.41, 5.74) is 7.77. The second-order valence-electron chi connectivity index (χ2n) is 5.54. The molecule has 0 aliphatic carbocycles. The number of amides is 1. The van der Waals surface area contributed by atoms with Crippen LogP contribution in [-0.2, 0) is 11.3 Å². The number of carbonyl (C=O) groups is 1. The van der Waals surface area contributed by atoms with Gasteiger partial charge in [-0.15, -0.1) is 0 Å². The number of hydrogen-bond donors (Lipinski definition) is 1. The van der Waals surface area contributed by atoms with Gasteiger partial charge in [-0.25, -0.2) is 0 Å². The van der Waals surface area contributed by atoms with E-state index in [9.17, 15) is 4.79 Å². The van der Waals surface area contributed by atoms with Gasteiger partial charge in [-0.05, 0) is 43.9 Å². The molecular weight excluding hydrogens is 250 g/mol. The number of likely N-dealkylation sites (N-methyl/N-ethyl adjacent to an activating group) is 1. The van der Waals surface area contributed by atoms with Gasteiger partial charge in [-0.3, -0.25) is 4.79 Å². The standard InChI is InChI=1S/C16H25N3O/c1-13(16(20)19-10-4-3-5-11-19)18(2)15-8-6-14(12-17)7-9-15/h6-9,13H,3-5,10-12,17H2,1-2H3. The van der Waals surface area contributed by atoms with Crippen molar-refractivity contribution in [1.29, 1.82) is 0 Å². The highest BCUT2D eigenvalue weighted by atomic mass is 16.2. The van der Waals surface area contributed by atoms with Crippen LogP contribution in [0, 0.1) is 0 Å². The van der Waals surface area contributed by atoms with E-state index in [0.29, 0.717) is 6.54 Å². The highest BCUT2D eigenvalue weighted by Crippen LogP contribution is 2.18. The van der Waals surface area contributed by atoms with Gasteiger partial charge in [-0.2, -0.15) is 0 Å². The first-order valence-corrected chi connectivity index (χ1v) is 7.44. The Bertz CT molecular complexity index is 438. The lowest BCUT2D eigenvalue weighted by molar-refractivity contribution is -0.133. The van der Waals surface area contributed by atoms with E-state index in [4.69, 9.17) is 5.73 Å². The van der Waals surface area contributed by atoms with E-state index >= 15 is 0 Å². The van der Waals surface area contributed by atoms with E-state index in [1.165, 1.54) is 6.42 Å². The molecule has 0 saturated carbocycles. The molecule has 1 atom stereocenters. The minimum Gasteiger partial charge on any atom is -0.363 e. The maximum atomic E-state index is 12.5. The van der Waals surface area contributed by atoms with Gasteiger partial charge < -0.3 is 15.5 Å². The second-order valence-corrected chi connectivity index (χ2v) is 5.54. The number of nitrogens with zero attached hydrogens (tertiary/aromatic N) is 2. The maximum absolute atomic E-state index is 12.5. The van der Waals surface area contributed by atoms with Crippen molar-refractivity contribution in [2.75, 3.05) is 25.0 Å². The van der Waals surface area contributed by atoms with E-state index in [1.54, 1.807) is 0 Å². The van der Waals surface area contributed by atoms with Crippen molar-refractivity contribution >= 4 is 11.6 Å². The predicted octanol–water partition coefficient (Wildman–Crippen LogP) is 1.98. The summed E-state index contributed by atoms with van der Waals surface area (Å²) in [6.45, 7) is 4.34. The van der Waals surface area contributed by atoms with Crippen molar-refractivity contribution < 1.29 is 4.79 Å². The molecule has 2 N–H and O–H groups in total. The molecule has 2 rings (SSSR count). The zero-order valence-corrected chi connectivity index (χ0v) is 12.5. The van der Waals surface area contributed by atoms with Crippen molar-refractivity contribution in [2.45, 2.75) is 38.8 Å². The van der Waals surface area contributed by atoms with Crippen molar-refractivity contribution in [3.05, 3.63) is 29.8 Å². The Morgan fingerprint density at radius 1 is 1.25 bits per heavy atom. The molecule has 4 nitrogen and oxygen atoms in total. The molecule has 1 aromatic carbocycles.